The minimum atomic E-state index is 0.142. The van der Waals surface area contributed by atoms with Crippen LogP contribution >= 0.6 is 0 Å². The van der Waals surface area contributed by atoms with Gasteiger partial charge in [-0.05, 0) is 59.5 Å². The number of hydrogen-bond donors (Lipinski definition) is 1. The highest BCUT2D eigenvalue weighted by Crippen LogP contribution is 2.36. The molecule has 35 heavy (non-hydrogen) atoms. The maximum atomic E-state index is 10.3. The molecule has 0 amide bonds. The van der Waals surface area contributed by atoms with Crippen molar-refractivity contribution < 1.29 is 9.52 Å². The predicted octanol–water partition coefficient (Wildman–Crippen LogP) is 7.52. The molecule has 168 valence electrons. The standard InChI is InChI=1S/C31H22N2O2/c34-28-14-5-4-11-25(28)31-33-30-24(12-8-15-29(30)35-31)23-17-16-22(19-21-9-2-1-3-10-21)26(20-23)27-13-6-7-18-32-27/h1-18,20,34H,19H2. The molecule has 0 spiro atoms. The van der Waals surface area contributed by atoms with Gasteiger partial charge in [0.15, 0.2) is 5.58 Å². The van der Waals surface area contributed by atoms with Crippen molar-refractivity contribution in [3.05, 3.63) is 127 Å². The minimum absolute atomic E-state index is 0.142. The average molecular weight is 455 g/mol. The Balaban J connectivity index is 1.49. The fraction of sp³-hybridized carbons (Fsp3) is 0.0323. The summed E-state index contributed by atoms with van der Waals surface area (Å²) in [4.78, 5) is 9.41. The van der Waals surface area contributed by atoms with Gasteiger partial charge in [-0.15, -0.1) is 0 Å². The van der Waals surface area contributed by atoms with Crippen LogP contribution in [0.15, 0.2) is 120 Å². The number of oxazole rings is 1. The zero-order valence-corrected chi connectivity index (χ0v) is 18.9. The summed E-state index contributed by atoms with van der Waals surface area (Å²) in [6, 6.07) is 35.9. The van der Waals surface area contributed by atoms with Crippen LogP contribution in [-0.2, 0) is 6.42 Å². The SMILES string of the molecule is Oc1ccccc1-c1nc2c(-c3ccc(Cc4ccccc4)c(-c4ccccn4)c3)cccc2o1. The van der Waals surface area contributed by atoms with Crippen molar-refractivity contribution in [3.63, 3.8) is 0 Å². The molecule has 0 aliphatic heterocycles. The van der Waals surface area contributed by atoms with Gasteiger partial charge >= 0.3 is 0 Å². The number of phenolic OH excluding ortho intramolecular Hbond substituents is 1. The van der Waals surface area contributed by atoms with Gasteiger partial charge in [0.2, 0.25) is 5.89 Å². The summed E-state index contributed by atoms with van der Waals surface area (Å²) in [6.07, 6.45) is 2.64. The van der Waals surface area contributed by atoms with E-state index in [-0.39, 0.29) is 5.75 Å². The number of benzene rings is 4. The van der Waals surface area contributed by atoms with Crippen LogP contribution in [0.3, 0.4) is 0 Å². The highest BCUT2D eigenvalue weighted by Gasteiger charge is 2.16. The molecule has 2 heterocycles. The molecule has 0 radical (unpaired) electrons. The first-order valence-electron chi connectivity index (χ1n) is 11.5. The van der Waals surface area contributed by atoms with E-state index in [0.717, 1.165) is 34.3 Å². The van der Waals surface area contributed by atoms with Gasteiger partial charge in [0, 0.05) is 17.3 Å². The fourth-order valence-electron chi connectivity index (χ4n) is 4.43. The maximum absolute atomic E-state index is 10.3. The summed E-state index contributed by atoms with van der Waals surface area (Å²) < 4.78 is 6.03. The van der Waals surface area contributed by atoms with Crippen molar-refractivity contribution >= 4 is 11.1 Å². The molecular formula is C31H22N2O2. The first-order valence-corrected chi connectivity index (χ1v) is 11.5. The predicted molar refractivity (Wildman–Crippen MR) is 139 cm³/mol. The van der Waals surface area contributed by atoms with Gasteiger partial charge in [0.25, 0.3) is 0 Å². The molecule has 4 nitrogen and oxygen atoms in total. The summed E-state index contributed by atoms with van der Waals surface area (Å²) in [5.41, 5.74) is 8.49. The first kappa shape index (κ1) is 20.9. The lowest BCUT2D eigenvalue weighted by Crippen LogP contribution is -1.95. The van der Waals surface area contributed by atoms with E-state index < -0.39 is 0 Å². The lowest BCUT2D eigenvalue weighted by atomic mass is 9.93. The number of nitrogens with zero attached hydrogens (tertiary/aromatic N) is 2. The Hall–Kier alpha value is -4.70. The lowest BCUT2D eigenvalue weighted by molar-refractivity contribution is 0.474. The minimum Gasteiger partial charge on any atom is -0.507 e. The van der Waals surface area contributed by atoms with Crippen molar-refractivity contribution in [1.29, 1.82) is 0 Å². The highest BCUT2D eigenvalue weighted by atomic mass is 16.3. The smallest absolute Gasteiger partial charge is 0.231 e. The number of pyridine rings is 1. The molecule has 0 aliphatic carbocycles. The molecule has 0 fully saturated rings. The molecule has 0 unspecified atom stereocenters. The third-order valence-electron chi connectivity index (χ3n) is 6.15. The third kappa shape index (κ3) is 4.06. The van der Waals surface area contributed by atoms with Crippen LogP contribution < -0.4 is 0 Å². The number of aromatic hydroxyl groups is 1. The average Bonchev–Trinajstić information content (AvgIpc) is 3.35. The Labute approximate surface area is 203 Å². The molecule has 4 aromatic carbocycles. The lowest BCUT2D eigenvalue weighted by Gasteiger charge is -2.12. The molecule has 0 bridgehead atoms. The molecule has 0 aliphatic rings. The number of fused-ring (bicyclic) bond motifs is 1. The van der Waals surface area contributed by atoms with Crippen molar-refractivity contribution in [2.24, 2.45) is 0 Å². The third-order valence-corrected chi connectivity index (χ3v) is 6.15. The summed E-state index contributed by atoms with van der Waals surface area (Å²) in [7, 11) is 0. The molecule has 6 rings (SSSR count). The summed E-state index contributed by atoms with van der Waals surface area (Å²) in [6.45, 7) is 0. The van der Waals surface area contributed by atoms with E-state index >= 15 is 0 Å². The Kier molecular flexibility index (Phi) is 5.32. The zero-order chi connectivity index (χ0) is 23.6. The van der Waals surface area contributed by atoms with Gasteiger partial charge in [-0.2, -0.15) is 0 Å². The molecule has 4 heteroatoms. The highest BCUT2D eigenvalue weighted by molar-refractivity contribution is 5.93. The Morgan fingerprint density at radius 3 is 2.31 bits per heavy atom. The Morgan fingerprint density at radius 1 is 0.686 bits per heavy atom. The van der Waals surface area contributed by atoms with E-state index in [1.54, 1.807) is 18.2 Å². The number of hydrogen-bond acceptors (Lipinski definition) is 4. The Morgan fingerprint density at radius 2 is 1.49 bits per heavy atom. The molecule has 1 N–H and O–H groups in total. The Bertz CT molecular complexity index is 1620. The van der Waals surface area contributed by atoms with Crippen LogP contribution in [0.2, 0.25) is 0 Å². The largest absolute Gasteiger partial charge is 0.507 e. The number of aromatic nitrogens is 2. The van der Waals surface area contributed by atoms with Crippen LogP contribution in [-0.4, -0.2) is 15.1 Å². The van der Waals surface area contributed by atoms with E-state index in [2.05, 4.69) is 47.4 Å². The van der Waals surface area contributed by atoms with Crippen molar-refractivity contribution in [1.82, 2.24) is 9.97 Å². The molecule has 2 aromatic heterocycles. The summed E-state index contributed by atoms with van der Waals surface area (Å²) in [5.74, 6) is 0.541. The van der Waals surface area contributed by atoms with Crippen molar-refractivity contribution in [2.75, 3.05) is 0 Å². The monoisotopic (exact) mass is 454 g/mol. The number of rotatable bonds is 5. The van der Waals surface area contributed by atoms with E-state index in [9.17, 15) is 5.11 Å². The van der Waals surface area contributed by atoms with Gasteiger partial charge in [-0.1, -0.05) is 72.8 Å². The van der Waals surface area contributed by atoms with Crippen molar-refractivity contribution in [2.45, 2.75) is 6.42 Å². The van der Waals surface area contributed by atoms with Crippen LogP contribution in [0.4, 0.5) is 0 Å². The van der Waals surface area contributed by atoms with Crippen LogP contribution in [0.25, 0.3) is 44.9 Å². The first-order chi connectivity index (χ1) is 17.3. The number of phenols is 1. The fourth-order valence-corrected chi connectivity index (χ4v) is 4.43. The topological polar surface area (TPSA) is 59.2 Å². The summed E-state index contributed by atoms with van der Waals surface area (Å²) in [5, 5.41) is 10.3. The molecule has 0 saturated carbocycles. The second kappa shape index (κ2) is 8.92. The maximum Gasteiger partial charge on any atom is 0.231 e. The number of para-hydroxylation sites is 2. The second-order valence-electron chi connectivity index (χ2n) is 8.44. The van der Waals surface area contributed by atoms with E-state index in [1.807, 2.05) is 54.7 Å². The zero-order valence-electron chi connectivity index (χ0n) is 18.9. The van der Waals surface area contributed by atoms with E-state index in [1.165, 1.54) is 11.1 Å². The summed E-state index contributed by atoms with van der Waals surface area (Å²) >= 11 is 0. The van der Waals surface area contributed by atoms with E-state index in [4.69, 9.17) is 9.40 Å². The normalized spacial score (nSPS) is 11.1. The van der Waals surface area contributed by atoms with Gasteiger partial charge in [0.05, 0.1) is 11.3 Å². The van der Waals surface area contributed by atoms with Crippen molar-refractivity contribution in [3.8, 4) is 39.6 Å². The van der Waals surface area contributed by atoms with Crippen LogP contribution in [0, 0.1) is 0 Å². The van der Waals surface area contributed by atoms with Gasteiger partial charge < -0.3 is 9.52 Å². The molecule has 0 atom stereocenters. The van der Waals surface area contributed by atoms with Gasteiger partial charge in [-0.3, -0.25) is 4.98 Å². The van der Waals surface area contributed by atoms with Gasteiger partial charge in [0.1, 0.15) is 11.3 Å². The molecule has 6 aromatic rings. The quantitative estimate of drug-likeness (QED) is 0.293. The van der Waals surface area contributed by atoms with Crippen LogP contribution in [0.1, 0.15) is 11.1 Å². The van der Waals surface area contributed by atoms with Gasteiger partial charge in [-0.25, -0.2) is 4.98 Å². The molecule has 0 saturated heterocycles. The van der Waals surface area contributed by atoms with Crippen LogP contribution in [0.5, 0.6) is 5.75 Å². The molecular weight excluding hydrogens is 432 g/mol. The second-order valence-corrected chi connectivity index (χ2v) is 8.44. The van der Waals surface area contributed by atoms with E-state index in [0.29, 0.717) is 17.0 Å².